The maximum absolute atomic E-state index is 11.7. The van der Waals surface area contributed by atoms with Crippen LogP contribution in [0.4, 0.5) is 0 Å². The zero-order valence-electron chi connectivity index (χ0n) is 9.11. The van der Waals surface area contributed by atoms with Gasteiger partial charge >= 0.3 is 0 Å². The minimum absolute atomic E-state index is 0.102. The van der Waals surface area contributed by atoms with Gasteiger partial charge in [-0.25, -0.2) is 0 Å². The molecule has 17 heavy (non-hydrogen) atoms. The molecule has 0 bridgehead atoms. The fourth-order valence-electron chi connectivity index (χ4n) is 1.21. The minimum atomic E-state index is -0.102. The van der Waals surface area contributed by atoms with Crippen molar-refractivity contribution < 1.29 is 4.79 Å². The largest absolute Gasteiger partial charge is 0.346 e. The van der Waals surface area contributed by atoms with Crippen molar-refractivity contribution in [2.45, 2.75) is 13.5 Å². The SMILES string of the molecule is Cc1cnc(CNC(=O)c2csc(Br)c2)cn1. The second kappa shape index (κ2) is 5.37. The van der Waals surface area contributed by atoms with Gasteiger partial charge in [-0.3, -0.25) is 14.8 Å². The van der Waals surface area contributed by atoms with Gasteiger partial charge in [0.15, 0.2) is 0 Å². The van der Waals surface area contributed by atoms with Crippen LogP contribution in [0.25, 0.3) is 0 Å². The van der Waals surface area contributed by atoms with E-state index < -0.39 is 0 Å². The average molecular weight is 312 g/mol. The third kappa shape index (κ3) is 3.34. The molecule has 0 aliphatic heterocycles. The van der Waals surface area contributed by atoms with Crippen LogP contribution in [0, 0.1) is 6.92 Å². The van der Waals surface area contributed by atoms with E-state index in [9.17, 15) is 4.79 Å². The molecule has 4 nitrogen and oxygen atoms in total. The highest BCUT2D eigenvalue weighted by Gasteiger charge is 2.07. The zero-order valence-corrected chi connectivity index (χ0v) is 11.5. The number of nitrogens with one attached hydrogen (secondary N) is 1. The highest BCUT2D eigenvalue weighted by Crippen LogP contribution is 2.20. The monoisotopic (exact) mass is 311 g/mol. The van der Waals surface area contributed by atoms with E-state index in [1.807, 2.05) is 6.92 Å². The Kier molecular flexibility index (Phi) is 3.86. The van der Waals surface area contributed by atoms with Crippen molar-refractivity contribution in [1.82, 2.24) is 15.3 Å². The van der Waals surface area contributed by atoms with Gasteiger partial charge in [0.2, 0.25) is 0 Å². The number of carbonyl (C=O) groups excluding carboxylic acids is 1. The van der Waals surface area contributed by atoms with Crippen molar-refractivity contribution in [3.8, 4) is 0 Å². The topological polar surface area (TPSA) is 54.9 Å². The molecule has 0 saturated heterocycles. The van der Waals surface area contributed by atoms with Gasteiger partial charge in [0.1, 0.15) is 0 Å². The van der Waals surface area contributed by atoms with Crippen LogP contribution < -0.4 is 5.32 Å². The Hall–Kier alpha value is -1.27. The number of halogens is 1. The number of aryl methyl sites for hydroxylation is 1. The summed E-state index contributed by atoms with van der Waals surface area (Å²) in [4.78, 5) is 20.0. The average Bonchev–Trinajstić information content (AvgIpc) is 2.75. The molecule has 0 atom stereocenters. The van der Waals surface area contributed by atoms with E-state index in [1.54, 1.807) is 23.8 Å². The molecule has 0 radical (unpaired) electrons. The van der Waals surface area contributed by atoms with E-state index in [2.05, 4.69) is 31.2 Å². The molecule has 0 aliphatic rings. The number of hydrogen-bond donors (Lipinski definition) is 1. The third-order valence-electron chi connectivity index (χ3n) is 2.09. The third-order valence-corrected chi connectivity index (χ3v) is 3.60. The summed E-state index contributed by atoms with van der Waals surface area (Å²) >= 11 is 4.80. The lowest BCUT2D eigenvalue weighted by Crippen LogP contribution is -2.22. The van der Waals surface area contributed by atoms with Crippen molar-refractivity contribution >= 4 is 33.2 Å². The molecule has 6 heteroatoms. The lowest BCUT2D eigenvalue weighted by molar-refractivity contribution is 0.0951. The van der Waals surface area contributed by atoms with E-state index in [-0.39, 0.29) is 5.91 Å². The first-order valence-corrected chi connectivity index (χ1v) is 6.62. The van der Waals surface area contributed by atoms with Gasteiger partial charge in [0.05, 0.1) is 33.5 Å². The molecule has 0 fully saturated rings. The van der Waals surface area contributed by atoms with Gasteiger partial charge in [-0.1, -0.05) is 0 Å². The maximum atomic E-state index is 11.7. The van der Waals surface area contributed by atoms with E-state index >= 15 is 0 Å². The molecule has 88 valence electrons. The fourth-order valence-corrected chi connectivity index (χ4v) is 2.35. The van der Waals surface area contributed by atoms with Crippen molar-refractivity contribution in [1.29, 1.82) is 0 Å². The summed E-state index contributed by atoms with van der Waals surface area (Å²) in [6.45, 7) is 2.26. The van der Waals surface area contributed by atoms with Gasteiger partial charge < -0.3 is 5.32 Å². The predicted molar refractivity (Wildman–Crippen MR) is 70.0 cm³/mol. The highest BCUT2D eigenvalue weighted by molar-refractivity contribution is 9.11. The molecule has 0 aromatic carbocycles. The van der Waals surface area contributed by atoms with Gasteiger partial charge in [0.25, 0.3) is 5.91 Å². The Morgan fingerprint density at radius 2 is 2.29 bits per heavy atom. The van der Waals surface area contributed by atoms with E-state index in [0.29, 0.717) is 12.1 Å². The highest BCUT2D eigenvalue weighted by atomic mass is 79.9. The van der Waals surface area contributed by atoms with Gasteiger partial charge in [-0.05, 0) is 28.9 Å². The Morgan fingerprint density at radius 1 is 1.47 bits per heavy atom. The van der Waals surface area contributed by atoms with E-state index in [0.717, 1.165) is 15.2 Å². The maximum Gasteiger partial charge on any atom is 0.252 e. The van der Waals surface area contributed by atoms with Crippen LogP contribution in [0.2, 0.25) is 0 Å². The molecule has 1 amide bonds. The quantitative estimate of drug-likeness (QED) is 0.947. The standard InChI is InChI=1S/C11H10BrN3OS/c1-7-3-14-9(4-13-7)5-15-11(16)8-2-10(12)17-6-8/h2-4,6H,5H2,1H3,(H,15,16). The first-order valence-electron chi connectivity index (χ1n) is 4.95. The molecule has 2 aromatic rings. The second-order valence-corrected chi connectivity index (χ2v) is 5.76. The Bertz CT molecular complexity index is 524. The molecule has 2 heterocycles. The van der Waals surface area contributed by atoms with Crippen LogP contribution in [-0.2, 0) is 6.54 Å². The summed E-state index contributed by atoms with van der Waals surface area (Å²) in [5, 5.41) is 4.60. The van der Waals surface area contributed by atoms with Crippen LogP contribution >= 0.6 is 27.3 Å². The van der Waals surface area contributed by atoms with Gasteiger partial charge in [-0.2, -0.15) is 0 Å². The first kappa shape index (κ1) is 12.2. The molecule has 0 saturated carbocycles. The van der Waals surface area contributed by atoms with Crippen LogP contribution in [0.3, 0.4) is 0 Å². The normalized spacial score (nSPS) is 10.2. The number of carbonyl (C=O) groups is 1. The molecule has 0 spiro atoms. The number of amides is 1. The Balaban J connectivity index is 1.94. The summed E-state index contributed by atoms with van der Waals surface area (Å²) in [5.41, 5.74) is 2.27. The summed E-state index contributed by atoms with van der Waals surface area (Å²) in [7, 11) is 0. The van der Waals surface area contributed by atoms with Crippen LogP contribution in [-0.4, -0.2) is 15.9 Å². The molecule has 2 rings (SSSR count). The van der Waals surface area contributed by atoms with E-state index in [1.165, 1.54) is 11.3 Å². The van der Waals surface area contributed by atoms with Crippen molar-refractivity contribution in [2.75, 3.05) is 0 Å². The van der Waals surface area contributed by atoms with Gasteiger partial charge in [0, 0.05) is 11.6 Å². The Morgan fingerprint density at radius 3 is 2.88 bits per heavy atom. The van der Waals surface area contributed by atoms with Crippen LogP contribution in [0.1, 0.15) is 21.7 Å². The van der Waals surface area contributed by atoms with Crippen molar-refractivity contribution in [2.24, 2.45) is 0 Å². The smallest absolute Gasteiger partial charge is 0.252 e. The number of rotatable bonds is 3. The number of nitrogens with zero attached hydrogens (tertiary/aromatic N) is 2. The Labute approximate surface area is 111 Å². The number of thiophene rings is 1. The van der Waals surface area contributed by atoms with Crippen LogP contribution in [0.5, 0.6) is 0 Å². The van der Waals surface area contributed by atoms with E-state index in [4.69, 9.17) is 0 Å². The number of aromatic nitrogens is 2. The lowest BCUT2D eigenvalue weighted by atomic mass is 10.3. The van der Waals surface area contributed by atoms with Crippen molar-refractivity contribution in [3.05, 3.63) is 44.6 Å². The molecule has 0 aliphatic carbocycles. The summed E-state index contributed by atoms with van der Waals surface area (Å²) in [6.07, 6.45) is 3.35. The molecule has 0 unspecified atom stereocenters. The number of hydrogen-bond acceptors (Lipinski definition) is 4. The molecule has 2 aromatic heterocycles. The molecule has 1 N–H and O–H groups in total. The van der Waals surface area contributed by atoms with Crippen molar-refractivity contribution in [3.63, 3.8) is 0 Å². The summed E-state index contributed by atoms with van der Waals surface area (Å²) in [6, 6.07) is 1.79. The summed E-state index contributed by atoms with van der Waals surface area (Å²) in [5.74, 6) is -0.102. The lowest BCUT2D eigenvalue weighted by Gasteiger charge is -2.02. The first-order chi connectivity index (χ1) is 8.15. The second-order valence-electron chi connectivity index (χ2n) is 3.47. The van der Waals surface area contributed by atoms with Gasteiger partial charge in [-0.15, -0.1) is 11.3 Å². The fraction of sp³-hybridized carbons (Fsp3) is 0.182. The summed E-state index contributed by atoms with van der Waals surface area (Å²) < 4.78 is 0.942. The predicted octanol–water partition coefficient (Wildman–Crippen LogP) is 2.54. The minimum Gasteiger partial charge on any atom is -0.346 e. The molecular formula is C11H10BrN3OS. The van der Waals surface area contributed by atoms with Crippen LogP contribution in [0.15, 0.2) is 27.6 Å². The zero-order chi connectivity index (χ0) is 12.3. The molecular weight excluding hydrogens is 302 g/mol.